The molecule has 27 heteroatoms. The number of rotatable bonds is 15. The lowest BCUT2D eigenvalue weighted by molar-refractivity contribution is -0.398. The van der Waals surface area contributed by atoms with E-state index in [2.05, 4.69) is 26.8 Å². The van der Waals surface area contributed by atoms with Crippen LogP contribution in [0.4, 0.5) is 0 Å². The first-order chi connectivity index (χ1) is 40.3. The molecule has 0 aromatic heterocycles. The minimum atomic E-state index is -2.28. The Morgan fingerprint density at radius 1 is 0.663 bits per heavy atom. The number of carboxylic acids is 1. The zero-order valence-corrected chi connectivity index (χ0v) is 50.0. The zero-order chi connectivity index (χ0) is 63.3. The first-order valence-electron chi connectivity index (χ1n) is 29.9. The van der Waals surface area contributed by atoms with E-state index in [1.165, 1.54) is 6.92 Å². The van der Waals surface area contributed by atoms with Gasteiger partial charge in [-0.1, -0.05) is 59.3 Å². The number of aliphatic hydroxyl groups is 12. The molecule has 0 bridgehead atoms. The lowest BCUT2D eigenvalue weighted by atomic mass is 9.33. The van der Waals surface area contributed by atoms with Gasteiger partial charge in [-0.05, 0) is 92.8 Å². The average Bonchev–Trinajstić information content (AvgIpc) is 0.674. The second kappa shape index (κ2) is 24.8. The highest BCUT2D eigenvalue weighted by atomic mass is 16.8. The SMILES string of the molecule is C/C=C(/C)C(=O)O[C@H]1[C@@H](OC(C)=O)[C@@]2(CO)[C@H](CC1(C)C)C1=CC[C@@H]3[C@@]4(C)CC[C@@H](O[C@H]5O[C@@H](C(=O)O)[C@H](O)[C@@H](O[C@H]6OC[C@H](O)[C@@H](O)[C@@H]6O[C@H]6OC[C@H](O)[C@@H](O)[C@@H]6O)[C@@H]5O[C@H]5O[C@@H](CO)[C@H](O)[C@@H](O)[C@@H]5O)[C@](C)(C=O)[C@@H]4CC[C@@]3(C)[C@]1(C)C[C@@H]2O. The number of hydrogen-bond acceptors (Lipinski definition) is 26. The largest absolute Gasteiger partial charge is 0.479 e. The molecule has 30 atom stereocenters. The number of hydrogen-bond donors (Lipinski definition) is 13. The molecule has 9 aliphatic rings. The summed E-state index contributed by atoms with van der Waals surface area (Å²) in [5.74, 6) is -4.24. The van der Waals surface area contributed by atoms with Crippen LogP contribution in [-0.4, -0.2) is 252 Å². The Balaban J connectivity index is 1.05. The molecule has 4 heterocycles. The third kappa shape index (κ3) is 10.9. The number of aliphatic carboxylic acids is 1. The van der Waals surface area contributed by atoms with Crippen molar-refractivity contribution in [2.24, 2.45) is 50.2 Å². The van der Waals surface area contributed by atoms with Crippen molar-refractivity contribution in [1.82, 2.24) is 0 Å². The molecular weight excluding hydrogens is 1140 g/mol. The molecule has 27 nitrogen and oxygen atoms in total. The molecule has 4 saturated heterocycles. The number of carboxylic acid groups (broad SMARTS) is 1. The monoisotopic (exact) mass is 1230 g/mol. The van der Waals surface area contributed by atoms with Gasteiger partial charge in [0.1, 0.15) is 97.8 Å². The molecule has 5 aliphatic carbocycles. The van der Waals surface area contributed by atoms with E-state index in [4.69, 9.17) is 47.4 Å². The molecule has 0 unspecified atom stereocenters. The summed E-state index contributed by atoms with van der Waals surface area (Å²) < 4.78 is 60.5. The van der Waals surface area contributed by atoms with Crippen molar-refractivity contribution in [3.63, 3.8) is 0 Å². The average molecular weight is 1230 g/mol. The van der Waals surface area contributed by atoms with Crippen molar-refractivity contribution in [3.05, 3.63) is 23.3 Å². The number of esters is 2. The van der Waals surface area contributed by atoms with Gasteiger partial charge in [0.25, 0.3) is 0 Å². The summed E-state index contributed by atoms with van der Waals surface area (Å²) in [5, 5.41) is 144. The van der Waals surface area contributed by atoms with Gasteiger partial charge in [-0.15, -0.1) is 0 Å². The van der Waals surface area contributed by atoms with Crippen molar-refractivity contribution in [2.75, 3.05) is 26.4 Å². The van der Waals surface area contributed by atoms with Crippen molar-refractivity contribution in [3.8, 4) is 0 Å². The van der Waals surface area contributed by atoms with E-state index in [-0.39, 0.29) is 18.8 Å². The van der Waals surface area contributed by atoms with Gasteiger partial charge < -0.3 is 119 Å². The first kappa shape index (κ1) is 67.2. The Bertz CT molecular complexity index is 2550. The second-order valence-electron chi connectivity index (χ2n) is 27.3. The summed E-state index contributed by atoms with van der Waals surface area (Å²) in [7, 11) is 0. The number of carbonyl (C=O) groups excluding carboxylic acids is 3. The van der Waals surface area contributed by atoms with Gasteiger partial charge in [0.2, 0.25) is 0 Å². The van der Waals surface area contributed by atoms with Crippen LogP contribution in [0.25, 0.3) is 0 Å². The first-order valence-corrected chi connectivity index (χ1v) is 29.9. The predicted octanol–water partition coefficient (Wildman–Crippen LogP) is -2.01. The van der Waals surface area contributed by atoms with Crippen molar-refractivity contribution in [1.29, 1.82) is 0 Å². The van der Waals surface area contributed by atoms with Crippen LogP contribution in [0.15, 0.2) is 23.3 Å². The molecule has 9 rings (SSSR count). The third-order valence-electron chi connectivity index (χ3n) is 22.2. The van der Waals surface area contributed by atoms with Gasteiger partial charge >= 0.3 is 17.9 Å². The van der Waals surface area contributed by atoms with E-state index < -0.39 is 224 Å². The van der Waals surface area contributed by atoms with Gasteiger partial charge in [0.05, 0.1) is 49.5 Å². The van der Waals surface area contributed by atoms with E-state index >= 15 is 0 Å². The maximum absolute atomic E-state index is 14.2. The number of ether oxygens (including phenoxy) is 10. The van der Waals surface area contributed by atoms with Crippen molar-refractivity contribution in [2.45, 2.75) is 242 Å². The maximum Gasteiger partial charge on any atom is 0.335 e. The van der Waals surface area contributed by atoms with Crippen LogP contribution in [0.5, 0.6) is 0 Å². The zero-order valence-electron chi connectivity index (χ0n) is 50.0. The standard InChI is InChI=1S/C59H90O27/c1-10-24(2)49(76)86-46-47(79-25(3)63)59(23-62)27(17-54(46,4)5)26-11-12-32-55(6)15-14-34(56(7,22-61)31(55)13-16-57(32,8)58(26,9)18-33(59)66)81-53-45(85-51-40(72)38(70)37(69)30(19-60)80-51)42(41(73)43(83-53)48(74)75)82-52-44(36(68)29(65)21-78-52)84-50-39(71)35(67)28(64)20-77-50/h10-11,22,27-47,50-53,60,62,64-73H,12-21,23H2,1-9H3,(H,74,75)/b24-10-/t27-,28+,29+,30+,31-,32-,33+,34-,35-,36-,37+,38-,39+,40+,41-,42-,43-,44+,45+,46+,47-,50-,51-,52-,53+,55+,56-,57-,58-,59+/m1/s1. The molecule has 0 amide bonds. The molecule has 4 aliphatic heterocycles. The molecule has 8 fully saturated rings. The van der Waals surface area contributed by atoms with Crippen molar-refractivity contribution < 1.29 is 133 Å². The summed E-state index contributed by atoms with van der Waals surface area (Å²) in [6.45, 7) is 13.8. The van der Waals surface area contributed by atoms with Crippen LogP contribution < -0.4 is 0 Å². The number of allylic oxidation sites excluding steroid dienone is 3. The van der Waals surface area contributed by atoms with Crippen LogP contribution in [0.1, 0.15) is 107 Å². The fourth-order valence-electron chi connectivity index (χ4n) is 17.0. The highest BCUT2D eigenvalue weighted by Crippen LogP contribution is 2.76. The van der Waals surface area contributed by atoms with Gasteiger partial charge in [-0.3, -0.25) is 4.79 Å². The Morgan fingerprint density at radius 2 is 1.29 bits per heavy atom. The van der Waals surface area contributed by atoms with Gasteiger partial charge in [0.15, 0.2) is 31.3 Å². The molecule has 0 aromatic rings. The maximum atomic E-state index is 14.2. The van der Waals surface area contributed by atoms with E-state index in [0.29, 0.717) is 37.7 Å². The topological polar surface area (TPSA) is 424 Å². The van der Waals surface area contributed by atoms with E-state index in [1.807, 2.05) is 13.8 Å². The highest BCUT2D eigenvalue weighted by Gasteiger charge is 2.74. The summed E-state index contributed by atoms with van der Waals surface area (Å²) in [4.78, 5) is 53.8. The summed E-state index contributed by atoms with van der Waals surface area (Å²) in [6, 6.07) is 0. The van der Waals surface area contributed by atoms with Gasteiger partial charge in [-0.2, -0.15) is 0 Å². The Hall–Kier alpha value is -3.24. The number of aldehydes is 1. The van der Waals surface area contributed by atoms with Crippen LogP contribution in [0.3, 0.4) is 0 Å². The minimum absolute atomic E-state index is 0.112. The molecule has 0 spiro atoms. The van der Waals surface area contributed by atoms with Crippen LogP contribution in [0, 0.1) is 50.2 Å². The Kier molecular flexibility index (Phi) is 19.3. The number of fused-ring (bicyclic) bond motifs is 7. The third-order valence-corrected chi connectivity index (χ3v) is 22.2. The number of carbonyl (C=O) groups is 4. The van der Waals surface area contributed by atoms with E-state index in [1.54, 1.807) is 26.8 Å². The predicted molar refractivity (Wildman–Crippen MR) is 289 cm³/mol. The van der Waals surface area contributed by atoms with Crippen LogP contribution >= 0.6 is 0 Å². The highest BCUT2D eigenvalue weighted by molar-refractivity contribution is 5.87. The summed E-state index contributed by atoms with van der Waals surface area (Å²) in [6.07, 6.45) is -32.4. The van der Waals surface area contributed by atoms with Gasteiger partial charge in [-0.25, -0.2) is 9.59 Å². The molecular formula is C59H90O27. The number of aliphatic hydroxyl groups excluding tert-OH is 12. The molecule has 13 N–H and O–H groups in total. The quantitative estimate of drug-likeness (QED) is 0.0277. The van der Waals surface area contributed by atoms with E-state index in [0.717, 1.165) is 11.9 Å². The normalized spacial score (nSPS) is 51.1. The lowest BCUT2D eigenvalue weighted by Crippen LogP contribution is -2.72. The minimum Gasteiger partial charge on any atom is -0.479 e. The fourth-order valence-corrected chi connectivity index (χ4v) is 17.0. The molecule has 0 radical (unpaired) electrons. The Labute approximate surface area is 498 Å². The smallest absolute Gasteiger partial charge is 0.335 e. The van der Waals surface area contributed by atoms with E-state index in [9.17, 15) is 85.6 Å². The molecule has 488 valence electrons. The second-order valence-corrected chi connectivity index (χ2v) is 27.3. The molecule has 86 heavy (non-hydrogen) atoms. The molecule has 0 aromatic carbocycles. The Morgan fingerprint density at radius 3 is 1.91 bits per heavy atom. The van der Waals surface area contributed by atoms with Gasteiger partial charge in [0, 0.05) is 17.9 Å². The lowest BCUT2D eigenvalue weighted by Gasteiger charge is -2.72. The molecule has 4 saturated carbocycles. The fraction of sp³-hybridized carbons (Fsp3) is 0.864. The summed E-state index contributed by atoms with van der Waals surface area (Å²) in [5.41, 5.74) is -4.42. The van der Waals surface area contributed by atoms with Crippen LogP contribution in [0.2, 0.25) is 0 Å². The summed E-state index contributed by atoms with van der Waals surface area (Å²) >= 11 is 0. The van der Waals surface area contributed by atoms with Crippen molar-refractivity contribution >= 4 is 24.2 Å². The van der Waals surface area contributed by atoms with Crippen LogP contribution in [-0.2, 0) is 66.5 Å².